The number of hydrogen-bond donors (Lipinski definition) is 5. The number of hydrogen-bond acceptors (Lipinski definition) is 10. The van der Waals surface area contributed by atoms with Crippen molar-refractivity contribution in [3.63, 3.8) is 0 Å². The van der Waals surface area contributed by atoms with E-state index in [9.17, 15) is 4.79 Å². The molecule has 2 aliphatic carbocycles. The number of carbonyl (C=O) groups excluding carboxylic acids is 1. The van der Waals surface area contributed by atoms with E-state index in [0.29, 0.717) is 87.1 Å². The highest BCUT2D eigenvalue weighted by atomic mass is 16.5. The van der Waals surface area contributed by atoms with Gasteiger partial charge in [0, 0.05) is 36.9 Å². The van der Waals surface area contributed by atoms with E-state index in [1.165, 1.54) is 25.7 Å². The Hall–Kier alpha value is -3.28. The zero-order valence-electron chi connectivity index (χ0n) is 21.2. The van der Waals surface area contributed by atoms with Crippen LogP contribution in [-0.4, -0.2) is 73.0 Å². The monoisotopic (exact) mass is 510 g/mol. The second kappa shape index (κ2) is 13.9. The number of amides is 1. The summed E-state index contributed by atoms with van der Waals surface area (Å²) in [6.45, 7) is 7.04. The van der Waals surface area contributed by atoms with Gasteiger partial charge < -0.3 is 36.5 Å². The normalized spacial score (nSPS) is 20.0. The molecule has 2 bridgehead atoms. The summed E-state index contributed by atoms with van der Waals surface area (Å²) in [5.74, 6) is 2.72. The predicted octanol–water partition coefficient (Wildman–Crippen LogP) is 2.54. The standard InChI is InChI=1S/C26H38N8O3/c1-2-9-29-24-32-25(34-26(33-24)31-22-16-18-6-7-19(22)15-18)30-21-5-3-4-20(17-21)23(35)28-10-12-37-14-13-36-11-8-27/h2-5,17-19,22H,1,6-16,27H2,(H,28,35)(H3,29,30,31,32,33,34). The van der Waals surface area contributed by atoms with E-state index in [4.69, 9.17) is 15.2 Å². The SMILES string of the molecule is C=CCNc1nc(Nc2cccc(C(=O)NCCOCCOCCN)c2)nc(NC2CC3CCC2C3)n1. The minimum absolute atomic E-state index is 0.186. The van der Waals surface area contributed by atoms with Gasteiger partial charge in [0.15, 0.2) is 0 Å². The quantitative estimate of drug-likeness (QED) is 0.168. The fourth-order valence-electron chi connectivity index (χ4n) is 4.94. The molecule has 1 aromatic carbocycles. The minimum Gasteiger partial charge on any atom is -0.378 e. The Labute approximate surface area is 218 Å². The number of nitrogens with zero attached hydrogens (tertiary/aromatic N) is 3. The Bertz CT molecular complexity index is 1040. The highest BCUT2D eigenvalue weighted by Gasteiger charge is 2.39. The highest BCUT2D eigenvalue weighted by molar-refractivity contribution is 5.95. The van der Waals surface area contributed by atoms with Crippen LogP contribution in [0.2, 0.25) is 0 Å². The minimum atomic E-state index is -0.186. The molecule has 2 fully saturated rings. The molecule has 6 N–H and O–H groups in total. The van der Waals surface area contributed by atoms with Gasteiger partial charge in [0.05, 0.1) is 26.4 Å². The maximum atomic E-state index is 12.6. The number of ether oxygens (including phenoxy) is 2. The molecule has 1 heterocycles. The van der Waals surface area contributed by atoms with E-state index in [1.54, 1.807) is 18.2 Å². The van der Waals surface area contributed by atoms with Crippen LogP contribution in [0.3, 0.4) is 0 Å². The van der Waals surface area contributed by atoms with E-state index in [-0.39, 0.29) is 5.91 Å². The fourth-order valence-corrected chi connectivity index (χ4v) is 4.94. The first-order chi connectivity index (χ1) is 18.1. The number of nitrogens with one attached hydrogen (secondary N) is 4. The first-order valence-electron chi connectivity index (χ1n) is 13.0. The van der Waals surface area contributed by atoms with Gasteiger partial charge in [-0.25, -0.2) is 0 Å². The zero-order valence-corrected chi connectivity index (χ0v) is 21.2. The van der Waals surface area contributed by atoms with Gasteiger partial charge in [-0.3, -0.25) is 4.79 Å². The van der Waals surface area contributed by atoms with Gasteiger partial charge in [-0.05, 0) is 49.3 Å². The van der Waals surface area contributed by atoms with Crippen molar-refractivity contribution in [3.05, 3.63) is 42.5 Å². The molecule has 1 amide bonds. The molecule has 4 rings (SSSR count). The van der Waals surface area contributed by atoms with Crippen LogP contribution in [0.15, 0.2) is 36.9 Å². The van der Waals surface area contributed by atoms with Crippen molar-refractivity contribution in [2.24, 2.45) is 17.6 Å². The molecular formula is C26H38N8O3. The summed E-state index contributed by atoms with van der Waals surface area (Å²) >= 11 is 0. The van der Waals surface area contributed by atoms with Crippen LogP contribution in [0.25, 0.3) is 0 Å². The summed E-state index contributed by atoms with van der Waals surface area (Å²) in [4.78, 5) is 26.3. The maximum Gasteiger partial charge on any atom is 0.251 e. The Kier molecular flexibility index (Phi) is 10.0. The average molecular weight is 511 g/mol. The third kappa shape index (κ3) is 8.11. The molecule has 11 nitrogen and oxygen atoms in total. The lowest BCUT2D eigenvalue weighted by atomic mass is 9.95. The Balaban J connectivity index is 1.33. The molecule has 2 aromatic rings. The number of anilines is 4. The van der Waals surface area contributed by atoms with Crippen molar-refractivity contribution in [3.8, 4) is 0 Å². The van der Waals surface area contributed by atoms with Crippen LogP contribution in [0.5, 0.6) is 0 Å². The summed E-state index contributed by atoms with van der Waals surface area (Å²) < 4.78 is 10.7. The smallest absolute Gasteiger partial charge is 0.251 e. The van der Waals surface area contributed by atoms with Gasteiger partial charge in [-0.1, -0.05) is 18.6 Å². The number of rotatable bonds is 16. The second-order valence-corrected chi connectivity index (χ2v) is 9.38. The number of benzene rings is 1. The van der Waals surface area contributed by atoms with E-state index in [0.717, 1.165) is 5.92 Å². The maximum absolute atomic E-state index is 12.6. The van der Waals surface area contributed by atoms with E-state index >= 15 is 0 Å². The van der Waals surface area contributed by atoms with Crippen molar-refractivity contribution < 1.29 is 14.3 Å². The van der Waals surface area contributed by atoms with Crippen LogP contribution in [-0.2, 0) is 9.47 Å². The van der Waals surface area contributed by atoms with E-state index in [1.807, 2.05) is 12.1 Å². The van der Waals surface area contributed by atoms with Crippen molar-refractivity contribution >= 4 is 29.4 Å². The van der Waals surface area contributed by atoms with Gasteiger partial charge in [0.2, 0.25) is 17.8 Å². The molecule has 0 saturated heterocycles. The lowest BCUT2D eigenvalue weighted by molar-refractivity contribution is 0.0511. The predicted molar refractivity (Wildman–Crippen MR) is 144 cm³/mol. The third-order valence-corrected chi connectivity index (χ3v) is 6.64. The molecule has 0 spiro atoms. The summed E-state index contributed by atoms with van der Waals surface area (Å²) in [5, 5.41) is 12.8. The van der Waals surface area contributed by atoms with E-state index < -0.39 is 0 Å². The second-order valence-electron chi connectivity index (χ2n) is 9.38. The molecule has 3 atom stereocenters. The number of nitrogens with two attached hydrogens (primary N) is 1. The molecule has 11 heteroatoms. The lowest BCUT2D eigenvalue weighted by Gasteiger charge is -2.23. The molecule has 200 valence electrons. The molecule has 2 aliphatic rings. The Morgan fingerprint density at radius 2 is 1.86 bits per heavy atom. The third-order valence-electron chi connectivity index (χ3n) is 6.64. The fraction of sp³-hybridized carbons (Fsp3) is 0.538. The van der Waals surface area contributed by atoms with Crippen molar-refractivity contribution in [2.75, 3.05) is 62.0 Å². The average Bonchev–Trinajstić information content (AvgIpc) is 3.52. The van der Waals surface area contributed by atoms with Gasteiger partial charge in [0.25, 0.3) is 5.91 Å². The van der Waals surface area contributed by atoms with Crippen LogP contribution in [0.4, 0.5) is 23.5 Å². The topological polar surface area (TPSA) is 148 Å². The van der Waals surface area contributed by atoms with Crippen LogP contribution in [0, 0.1) is 11.8 Å². The van der Waals surface area contributed by atoms with Crippen LogP contribution >= 0.6 is 0 Å². The van der Waals surface area contributed by atoms with Gasteiger partial charge >= 0.3 is 0 Å². The van der Waals surface area contributed by atoms with Gasteiger partial charge in [-0.15, -0.1) is 6.58 Å². The first kappa shape index (κ1) is 26.8. The van der Waals surface area contributed by atoms with Crippen LogP contribution < -0.4 is 27.0 Å². The van der Waals surface area contributed by atoms with Crippen molar-refractivity contribution in [2.45, 2.75) is 31.7 Å². The summed E-state index contributed by atoms with van der Waals surface area (Å²) in [6.07, 6.45) is 6.81. The number of carbonyl (C=O) groups is 1. The van der Waals surface area contributed by atoms with Crippen LogP contribution in [0.1, 0.15) is 36.0 Å². The Morgan fingerprint density at radius 1 is 1.05 bits per heavy atom. The molecular weight excluding hydrogens is 472 g/mol. The molecule has 2 saturated carbocycles. The summed E-state index contributed by atoms with van der Waals surface area (Å²) in [5.41, 5.74) is 6.59. The largest absolute Gasteiger partial charge is 0.378 e. The zero-order chi connectivity index (χ0) is 25.9. The van der Waals surface area contributed by atoms with Gasteiger partial charge in [-0.2, -0.15) is 15.0 Å². The first-order valence-corrected chi connectivity index (χ1v) is 13.0. The van der Waals surface area contributed by atoms with Gasteiger partial charge in [0.1, 0.15) is 0 Å². The van der Waals surface area contributed by atoms with E-state index in [2.05, 4.69) is 42.8 Å². The highest BCUT2D eigenvalue weighted by Crippen LogP contribution is 2.45. The lowest BCUT2D eigenvalue weighted by Crippen LogP contribution is -2.27. The molecule has 1 aromatic heterocycles. The summed E-state index contributed by atoms with van der Waals surface area (Å²) in [6, 6.07) is 7.60. The molecule has 0 aliphatic heterocycles. The molecule has 37 heavy (non-hydrogen) atoms. The summed E-state index contributed by atoms with van der Waals surface area (Å²) in [7, 11) is 0. The number of aromatic nitrogens is 3. The van der Waals surface area contributed by atoms with Crippen molar-refractivity contribution in [1.82, 2.24) is 20.3 Å². The number of fused-ring (bicyclic) bond motifs is 2. The Morgan fingerprint density at radius 3 is 2.62 bits per heavy atom. The van der Waals surface area contributed by atoms with Crippen molar-refractivity contribution in [1.29, 1.82) is 0 Å². The molecule has 3 unspecified atom stereocenters. The molecule has 0 radical (unpaired) electrons.